The van der Waals surface area contributed by atoms with Crippen molar-refractivity contribution < 1.29 is 13.2 Å². The van der Waals surface area contributed by atoms with Gasteiger partial charge < -0.3 is 10.5 Å². The SMILES string of the molecule is CC1CN(S(=O)(=O)N(C)C2CCCC2CN)CC(C)O1. The summed E-state index contributed by atoms with van der Waals surface area (Å²) in [6.45, 7) is 5.24. The van der Waals surface area contributed by atoms with Crippen molar-refractivity contribution in [3.05, 3.63) is 0 Å². The second-order valence-electron chi connectivity index (χ2n) is 6.09. The van der Waals surface area contributed by atoms with Crippen LogP contribution in [0.4, 0.5) is 0 Å². The van der Waals surface area contributed by atoms with Crippen molar-refractivity contribution in [2.45, 2.75) is 51.4 Å². The molecule has 0 aromatic carbocycles. The fraction of sp³-hybridized carbons (Fsp3) is 1.00. The Labute approximate surface area is 122 Å². The maximum Gasteiger partial charge on any atom is 0.282 e. The third-order valence-electron chi connectivity index (χ3n) is 4.47. The number of nitrogens with two attached hydrogens (primary N) is 1. The molecule has 1 aliphatic carbocycles. The Morgan fingerprint density at radius 3 is 2.40 bits per heavy atom. The van der Waals surface area contributed by atoms with Gasteiger partial charge in [-0.15, -0.1) is 0 Å². The van der Waals surface area contributed by atoms with Crippen LogP contribution in [0.1, 0.15) is 33.1 Å². The normalized spacial score (nSPS) is 36.6. The molecule has 118 valence electrons. The van der Waals surface area contributed by atoms with Crippen molar-refractivity contribution in [1.29, 1.82) is 0 Å². The minimum Gasteiger partial charge on any atom is -0.373 e. The highest BCUT2D eigenvalue weighted by Gasteiger charge is 2.40. The molecule has 1 saturated carbocycles. The van der Waals surface area contributed by atoms with Gasteiger partial charge in [0.15, 0.2) is 0 Å². The zero-order chi connectivity index (χ0) is 14.9. The highest BCUT2D eigenvalue weighted by molar-refractivity contribution is 7.86. The molecular formula is C13H27N3O3S. The van der Waals surface area contributed by atoms with E-state index in [0.29, 0.717) is 19.6 Å². The van der Waals surface area contributed by atoms with E-state index in [9.17, 15) is 8.42 Å². The molecule has 6 nitrogen and oxygen atoms in total. The molecule has 4 atom stereocenters. The number of hydrogen-bond acceptors (Lipinski definition) is 4. The Morgan fingerprint density at radius 2 is 1.85 bits per heavy atom. The van der Waals surface area contributed by atoms with Crippen LogP contribution in [0.3, 0.4) is 0 Å². The van der Waals surface area contributed by atoms with Gasteiger partial charge in [-0.1, -0.05) is 6.42 Å². The second kappa shape index (κ2) is 6.27. The molecule has 1 saturated heterocycles. The van der Waals surface area contributed by atoms with Crippen molar-refractivity contribution in [2.75, 3.05) is 26.7 Å². The fourth-order valence-electron chi connectivity index (χ4n) is 3.44. The molecule has 7 heteroatoms. The van der Waals surface area contributed by atoms with Crippen LogP contribution in [0.5, 0.6) is 0 Å². The first-order valence-electron chi connectivity index (χ1n) is 7.45. The molecule has 0 bridgehead atoms. The lowest BCUT2D eigenvalue weighted by molar-refractivity contribution is -0.0456. The second-order valence-corrected chi connectivity index (χ2v) is 8.08. The Hall–Kier alpha value is -0.210. The van der Waals surface area contributed by atoms with Crippen LogP contribution in [0.25, 0.3) is 0 Å². The summed E-state index contributed by atoms with van der Waals surface area (Å²) >= 11 is 0. The molecule has 0 aromatic rings. The lowest BCUT2D eigenvalue weighted by Gasteiger charge is -2.38. The average molecular weight is 305 g/mol. The van der Waals surface area contributed by atoms with Gasteiger partial charge in [-0.05, 0) is 39.2 Å². The van der Waals surface area contributed by atoms with E-state index in [1.165, 1.54) is 0 Å². The van der Waals surface area contributed by atoms with E-state index in [-0.39, 0.29) is 24.2 Å². The summed E-state index contributed by atoms with van der Waals surface area (Å²) in [6.07, 6.45) is 2.87. The first-order valence-corrected chi connectivity index (χ1v) is 8.84. The van der Waals surface area contributed by atoms with Crippen molar-refractivity contribution >= 4 is 10.2 Å². The largest absolute Gasteiger partial charge is 0.373 e. The Morgan fingerprint density at radius 1 is 1.25 bits per heavy atom. The van der Waals surface area contributed by atoms with Gasteiger partial charge in [0.1, 0.15) is 0 Å². The predicted octanol–water partition coefficient (Wildman–Crippen LogP) is 0.400. The fourth-order valence-corrected chi connectivity index (χ4v) is 5.22. The molecule has 1 heterocycles. The van der Waals surface area contributed by atoms with Gasteiger partial charge in [-0.25, -0.2) is 0 Å². The smallest absolute Gasteiger partial charge is 0.282 e. The molecule has 2 N–H and O–H groups in total. The van der Waals surface area contributed by atoms with E-state index in [4.69, 9.17) is 10.5 Å². The third-order valence-corrected chi connectivity index (χ3v) is 6.41. The number of rotatable bonds is 4. The zero-order valence-corrected chi connectivity index (χ0v) is 13.5. The van der Waals surface area contributed by atoms with Gasteiger partial charge in [0.2, 0.25) is 0 Å². The molecule has 0 radical (unpaired) electrons. The summed E-state index contributed by atoms with van der Waals surface area (Å²) in [7, 11) is -1.73. The van der Waals surface area contributed by atoms with Gasteiger partial charge in [0.05, 0.1) is 12.2 Å². The standard InChI is InChI=1S/C13H27N3O3S/c1-10-8-16(9-11(2)19-10)20(17,18)15(3)13-6-4-5-12(13)7-14/h10-13H,4-9,14H2,1-3H3. The van der Waals surface area contributed by atoms with Gasteiger partial charge in [0.25, 0.3) is 10.2 Å². The molecular weight excluding hydrogens is 278 g/mol. The zero-order valence-electron chi connectivity index (χ0n) is 12.7. The number of ether oxygens (including phenoxy) is 1. The molecule has 20 heavy (non-hydrogen) atoms. The average Bonchev–Trinajstić information content (AvgIpc) is 2.84. The van der Waals surface area contributed by atoms with E-state index >= 15 is 0 Å². The summed E-state index contributed by atoms with van der Waals surface area (Å²) in [5.74, 6) is 0.283. The van der Waals surface area contributed by atoms with E-state index in [1.807, 2.05) is 13.8 Å². The Balaban J connectivity index is 2.12. The van der Waals surface area contributed by atoms with Crippen LogP contribution in [-0.4, -0.2) is 62.0 Å². The van der Waals surface area contributed by atoms with Crippen molar-refractivity contribution in [1.82, 2.24) is 8.61 Å². The van der Waals surface area contributed by atoms with Crippen LogP contribution in [0.15, 0.2) is 0 Å². The highest BCUT2D eigenvalue weighted by Crippen LogP contribution is 2.31. The van der Waals surface area contributed by atoms with E-state index < -0.39 is 10.2 Å². The van der Waals surface area contributed by atoms with Crippen LogP contribution in [-0.2, 0) is 14.9 Å². The Bertz CT molecular complexity index is 419. The molecule has 0 amide bonds. The highest BCUT2D eigenvalue weighted by atomic mass is 32.2. The minimum atomic E-state index is -3.42. The quantitative estimate of drug-likeness (QED) is 0.816. The predicted molar refractivity (Wildman–Crippen MR) is 78.4 cm³/mol. The summed E-state index contributed by atoms with van der Waals surface area (Å²) in [6, 6.07) is 0.0402. The van der Waals surface area contributed by atoms with E-state index in [0.717, 1.165) is 19.3 Å². The molecule has 2 fully saturated rings. The lowest BCUT2D eigenvalue weighted by atomic mass is 10.0. The van der Waals surface area contributed by atoms with Crippen LogP contribution < -0.4 is 5.73 Å². The molecule has 0 spiro atoms. The van der Waals surface area contributed by atoms with E-state index in [2.05, 4.69) is 0 Å². The molecule has 1 aliphatic heterocycles. The third kappa shape index (κ3) is 3.17. The monoisotopic (exact) mass is 305 g/mol. The van der Waals surface area contributed by atoms with Crippen LogP contribution in [0, 0.1) is 5.92 Å². The Kier molecular flexibility index (Phi) is 5.07. The minimum absolute atomic E-state index is 0.0402. The first-order chi connectivity index (χ1) is 9.36. The van der Waals surface area contributed by atoms with Gasteiger partial charge in [0, 0.05) is 26.2 Å². The maximum absolute atomic E-state index is 12.8. The topological polar surface area (TPSA) is 75.9 Å². The van der Waals surface area contributed by atoms with Crippen LogP contribution in [0.2, 0.25) is 0 Å². The first kappa shape index (κ1) is 16.2. The maximum atomic E-state index is 12.8. The summed E-state index contributed by atoms with van der Waals surface area (Å²) in [4.78, 5) is 0. The molecule has 2 aliphatic rings. The van der Waals surface area contributed by atoms with Crippen LogP contribution >= 0.6 is 0 Å². The van der Waals surface area contributed by atoms with Gasteiger partial charge in [-0.3, -0.25) is 0 Å². The summed E-state index contributed by atoms with van der Waals surface area (Å²) in [5.41, 5.74) is 5.77. The number of morpholine rings is 1. The van der Waals surface area contributed by atoms with Gasteiger partial charge in [-0.2, -0.15) is 17.0 Å². The van der Waals surface area contributed by atoms with Crippen molar-refractivity contribution in [3.8, 4) is 0 Å². The van der Waals surface area contributed by atoms with E-state index in [1.54, 1.807) is 15.7 Å². The number of hydrogen-bond donors (Lipinski definition) is 1. The lowest BCUT2D eigenvalue weighted by Crippen LogP contribution is -2.55. The molecule has 0 aromatic heterocycles. The summed E-state index contributed by atoms with van der Waals surface area (Å²) < 4.78 is 34.3. The van der Waals surface area contributed by atoms with Crippen molar-refractivity contribution in [3.63, 3.8) is 0 Å². The van der Waals surface area contributed by atoms with Crippen molar-refractivity contribution in [2.24, 2.45) is 11.7 Å². The summed E-state index contributed by atoms with van der Waals surface area (Å²) in [5, 5.41) is 0. The number of nitrogens with zero attached hydrogens (tertiary/aromatic N) is 2. The molecule has 4 unspecified atom stereocenters. The molecule has 2 rings (SSSR count). The van der Waals surface area contributed by atoms with Gasteiger partial charge >= 0.3 is 0 Å².